The summed E-state index contributed by atoms with van der Waals surface area (Å²) in [6.45, 7) is 5.35. The van der Waals surface area contributed by atoms with Crippen molar-refractivity contribution in [1.82, 2.24) is 0 Å². The predicted octanol–water partition coefficient (Wildman–Crippen LogP) is 5.22. The molecule has 0 saturated heterocycles. The average Bonchev–Trinajstić information content (AvgIpc) is 2.62. The van der Waals surface area contributed by atoms with Crippen molar-refractivity contribution in [2.24, 2.45) is 0 Å². The van der Waals surface area contributed by atoms with Crippen LogP contribution in [-0.2, 0) is 0 Å². The minimum Gasteiger partial charge on any atom is -0.494 e. The van der Waals surface area contributed by atoms with Gasteiger partial charge in [0, 0.05) is 19.9 Å². The van der Waals surface area contributed by atoms with Gasteiger partial charge in [-0.05, 0) is 30.7 Å². The first-order valence-corrected chi connectivity index (χ1v) is 10.5. The topological polar surface area (TPSA) is 26.3 Å². The van der Waals surface area contributed by atoms with E-state index in [-0.39, 0.29) is 14.6 Å². The maximum atomic E-state index is 12.3. The first-order chi connectivity index (χ1) is 11.2. The summed E-state index contributed by atoms with van der Waals surface area (Å²) in [5.41, 5.74) is 1.42. The van der Waals surface area contributed by atoms with Crippen molar-refractivity contribution < 1.29 is 9.53 Å². The molecule has 0 saturated carbocycles. The van der Waals surface area contributed by atoms with Crippen molar-refractivity contribution >= 4 is 14.6 Å². The lowest BCUT2D eigenvalue weighted by molar-refractivity contribution is 0.103. The second-order valence-electron chi connectivity index (χ2n) is 5.63. The van der Waals surface area contributed by atoms with Crippen LogP contribution in [0, 0.1) is 0 Å². The van der Waals surface area contributed by atoms with E-state index in [9.17, 15) is 4.79 Å². The number of hydrogen-bond donors (Lipinski definition) is 0. The van der Waals surface area contributed by atoms with E-state index < -0.39 is 0 Å². The van der Waals surface area contributed by atoms with E-state index in [0.717, 1.165) is 24.3 Å². The van der Waals surface area contributed by atoms with Crippen molar-refractivity contribution in [3.05, 3.63) is 65.7 Å². The summed E-state index contributed by atoms with van der Waals surface area (Å²) in [6.07, 6.45) is 1.13. The molecule has 0 heterocycles. The zero-order valence-corrected chi connectivity index (χ0v) is 15.0. The Morgan fingerprint density at radius 2 is 1.52 bits per heavy atom. The molecular formula is C20H25O2Si. The number of carbonyl (C=O) groups excluding carboxylic acids is 1. The number of carbonyl (C=O) groups is 1. The molecule has 0 unspecified atom stereocenters. The molecule has 2 aromatic rings. The van der Waals surface area contributed by atoms with Crippen LogP contribution < -0.4 is 4.74 Å². The third kappa shape index (κ3) is 5.36. The molecule has 23 heavy (non-hydrogen) atoms. The van der Waals surface area contributed by atoms with Crippen molar-refractivity contribution in [1.29, 1.82) is 0 Å². The van der Waals surface area contributed by atoms with Crippen LogP contribution in [0.4, 0.5) is 0 Å². The Balaban J connectivity index is 1.84. The van der Waals surface area contributed by atoms with E-state index in [2.05, 4.69) is 13.8 Å². The largest absolute Gasteiger partial charge is 0.494 e. The van der Waals surface area contributed by atoms with Crippen molar-refractivity contribution in [3.63, 3.8) is 0 Å². The highest BCUT2D eigenvalue weighted by molar-refractivity contribution is 6.58. The lowest BCUT2D eigenvalue weighted by atomic mass is 10.0. The van der Waals surface area contributed by atoms with E-state index >= 15 is 0 Å². The second-order valence-corrected chi connectivity index (χ2v) is 9.04. The Labute approximate surface area is 141 Å². The fraction of sp³-hybridized carbons (Fsp3) is 0.350. The molecule has 0 bridgehead atoms. The quantitative estimate of drug-likeness (QED) is 0.359. The van der Waals surface area contributed by atoms with Crippen LogP contribution >= 0.6 is 0 Å². The van der Waals surface area contributed by atoms with Crippen LogP contribution in [0.15, 0.2) is 54.6 Å². The molecule has 0 aliphatic carbocycles. The number of ketones is 1. The SMILES string of the molecule is CC[Si](CC)CCCOc1ccc(C(=O)c2ccccc2)cc1. The Morgan fingerprint density at radius 3 is 2.13 bits per heavy atom. The maximum Gasteiger partial charge on any atom is 0.193 e. The highest BCUT2D eigenvalue weighted by Gasteiger charge is 2.08. The van der Waals surface area contributed by atoms with Crippen molar-refractivity contribution in [3.8, 4) is 5.75 Å². The summed E-state index contributed by atoms with van der Waals surface area (Å²) >= 11 is 0. The molecule has 2 nitrogen and oxygen atoms in total. The van der Waals surface area contributed by atoms with Crippen LogP contribution in [0.1, 0.15) is 36.2 Å². The number of benzene rings is 2. The van der Waals surface area contributed by atoms with E-state index in [4.69, 9.17) is 4.74 Å². The van der Waals surface area contributed by atoms with Gasteiger partial charge in [0.1, 0.15) is 5.75 Å². The van der Waals surface area contributed by atoms with Crippen LogP contribution in [0.5, 0.6) is 5.75 Å². The molecular weight excluding hydrogens is 300 g/mol. The number of rotatable bonds is 9. The minimum absolute atomic E-state index is 0.0512. The molecule has 2 aromatic carbocycles. The third-order valence-electron chi connectivity index (χ3n) is 4.10. The third-order valence-corrected chi connectivity index (χ3v) is 7.16. The van der Waals surface area contributed by atoms with Gasteiger partial charge in [0.05, 0.1) is 6.61 Å². The zero-order valence-electron chi connectivity index (χ0n) is 14.0. The summed E-state index contributed by atoms with van der Waals surface area (Å²) in [5, 5.41) is 0. The first kappa shape index (κ1) is 17.5. The van der Waals surface area contributed by atoms with E-state index in [1.165, 1.54) is 18.1 Å². The van der Waals surface area contributed by atoms with Gasteiger partial charge in [-0.3, -0.25) is 4.79 Å². The van der Waals surface area contributed by atoms with E-state index in [1.54, 1.807) is 0 Å². The lowest BCUT2D eigenvalue weighted by Gasteiger charge is -2.11. The Bertz CT molecular complexity index is 589. The normalized spacial score (nSPS) is 10.7. The van der Waals surface area contributed by atoms with Crippen LogP contribution in [0.3, 0.4) is 0 Å². The van der Waals surface area contributed by atoms with E-state index in [1.807, 2.05) is 54.6 Å². The van der Waals surface area contributed by atoms with Gasteiger partial charge < -0.3 is 4.74 Å². The highest BCUT2D eigenvalue weighted by Crippen LogP contribution is 2.16. The number of ether oxygens (including phenoxy) is 1. The summed E-state index contributed by atoms with van der Waals surface area (Å²) in [7, 11) is -0.150. The molecule has 0 N–H and O–H groups in total. The Kier molecular flexibility index (Phi) is 7.07. The Morgan fingerprint density at radius 1 is 0.913 bits per heavy atom. The fourth-order valence-electron chi connectivity index (χ4n) is 2.57. The molecule has 0 spiro atoms. The standard InChI is InChI=1S/C20H25O2Si/c1-3-23(4-2)16-8-15-22-19-13-11-18(12-14-19)20(21)17-9-6-5-7-10-17/h5-7,9-14H,3-4,8,15-16H2,1-2H3. The van der Waals surface area contributed by atoms with Crippen LogP contribution in [0.2, 0.25) is 18.1 Å². The summed E-state index contributed by atoms with van der Waals surface area (Å²) in [6, 6.07) is 20.8. The average molecular weight is 326 g/mol. The zero-order chi connectivity index (χ0) is 16.5. The van der Waals surface area contributed by atoms with Gasteiger partial charge in [-0.15, -0.1) is 0 Å². The lowest BCUT2D eigenvalue weighted by Crippen LogP contribution is -2.10. The van der Waals surface area contributed by atoms with E-state index in [0.29, 0.717) is 5.56 Å². The van der Waals surface area contributed by atoms with Gasteiger partial charge in [0.15, 0.2) is 5.78 Å². The molecule has 0 aliphatic rings. The number of hydrogen-bond acceptors (Lipinski definition) is 2. The van der Waals surface area contributed by atoms with Gasteiger partial charge in [-0.1, -0.05) is 62.3 Å². The second kappa shape index (κ2) is 9.31. The molecule has 1 radical (unpaired) electrons. The minimum atomic E-state index is -0.150. The van der Waals surface area contributed by atoms with Crippen molar-refractivity contribution in [2.45, 2.75) is 38.4 Å². The summed E-state index contributed by atoms with van der Waals surface area (Å²) in [4.78, 5) is 12.3. The Hall–Kier alpha value is -1.87. The van der Waals surface area contributed by atoms with Gasteiger partial charge >= 0.3 is 0 Å². The summed E-state index contributed by atoms with van der Waals surface area (Å²) in [5.74, 6) is 0.895. The van der Waals surface area contributed by atoms with Crippen LogP contribution in [0.25, 0.3) is 0 Å². The smallest absolute Gasteiger partial charge is 0.193 e. The molecule has 0 aromatic heterocycles. The van der Waals surface area contributed by atoms with Gasteiger partial charge in [-0.2, -0.15) is 0 Å². The van der Waals surface area contributed by atoms with Crippen molar-refractivity contribution in [2.75, 3.05) is 6.61 Å². The molecule has 0 amide bonds. The fourth-order valence-corrected chi connectivity index (χ4v) is 4.43. The first-order valence-electron chi connectivity index (χ1n) is 8.40. The molecule has 3 heteroatoms. The van der Waals surface area contributed by atoms with Gasteiger partial charge in [0.25, 0.3) is 0 Å². The predicted molar refractivity (Wildman–Crippen MR) is 98.0 cm³/mol. The monoisotopic (exact) mass is 325 g/mol. The van der Waals surface area contributed by atoms with Crippen LogP contribution in [-0.4, -0.2) is 21.2 Å². The maximum absolute atomic E-state index is 12.3. The van der Waals surface area contributed by atoms with Gasteiger partial charge in [-0.25, -0.2) is 0 Å². The van der Waals surface area contributed by atoms with Gasteiger partial charge in [0.2, 0.25) is 0 Å². The molecule has 121 valence electrons. The molecule has 2 rings (SSSR count). The molecule has 0 fully saturated rings. The summed E-state index contributed by atoms with van der Waals surface area (Å²) < 4.78 is 5.79. The molecule has 0 atom stereocenters. The highest BCUT2D eigenvalue weighted by atomic mass is 28.3. The molecule has 0 aliphatic heterocycles.